The van der Waals surface area contributed by atoms with Gasteiger partial charge in [0.05, 0.1) is 0 Å². The van der Waals surface area contributed by atoms with Crippen molar-refractivity contribution in [3.05, 3.63) is 76.0 Å². The standard InChI is InChI=1S/C15H12BrF/c16-14-8-4-12(5-9-14)2-1-3-13-6-10-15(17)11-7-13/h1,3-11H,2H2/b3-1+. The van der Waals surface area contributed by atoms with Gasteiger partial charge in [0.2, 0.25) is 0 Å². The lowest BCUT2D eigenvalue weighted by atomic mass is 10.1. The van der Waals surface area contributed by atoms with E-state index in [0.29, 0.717) is 0 Å². The van der Waals surface area contributed by atoms with Gasteiger partial charge in [-0.1, -0.05) is 52.3 Å². The summed E-state index contributed by atoms with van der Waals surface area (Å²) in [6.07, 6.45) is 4.96. The molecule has 17 heavy (non-hydrogen) atoms. The summed E-state index contributed by atoms with van der Waals surface area (Å²) in [5.41, 5.74) is 2.27. The minimum Gasteiger partial charge on any atom is -0.207 e. The van der Waals surface area contributed by atoms with Gasteiger partial charge in [0, 0.05) is 4.47 Å². The van der Waals surface area contributed by atoms with E-state index < -0.39 is 0 Å². The third kappa shape index (κ3) is 3.82. The Balaban J connectivity index is 1.97. The van der Waals surface area contributed by atoms with Crippen LogP contribution in [0.3, 0.4) is 0 Å². The quantitative estimate of drug-likeness (QED) is 0.758. The largest absolute Gasteiger partial charge is 0.207 e. The molecule has 0 heterocycles. The molecule has 0 saturated heterocycles. The second-order valence-corrected chi connectivity index (χ2v) is 4.70. The van der Waals surface area contributed by atoms with Crippen LogP contribution < -0.4 is 0 Å². The Hall–Kier alpha value is -1.41. The molecule has 0 aliphatic rings. The molecule has 0 N–H and O–H groups in total. The topological polar surface area (TPSA) is 0 Å². The summed E-state index contributed by atoms with van der Waals surface area (Å²) in [4.78, 5) is 0. The van der Waals surface area contributed by atoms with Crippen molar-refractivity contribution in [1.82, 2.24) is 0 Å². The third-order valence-corrected chi connectivity index (χ3v) is 2.98. The molecule has 0 fully saturated rings. The van der Waals surface area contributed by atoms with Gasteiger partial charge in [0.15, 0.2) is 0 Å². The van der Waals surface area contributed by atoms with Gasteiger partial charge in [-0.3, -0.25) is 0 Å². The van der Waals surface area contributed by atoms with E-state index in [0.717, 1.165) is 16.5 Å². The van der Waals surface area contributed by atoms with E-state index in [1.165, 1.54) is 17.7 Å². The van der Waals surface area contributed by atoms with Crippen molar-refractivity contribution in [1.29, 1.82) is 0 Å². The number of hydrogen-bond donors (Lipinski definition) is 0. The van der Waals surface area contributed by atoms with Crippen LogP contribution in [0.4, 0.5) is 4.39 Å². The Bertz CT molecular complexity index is 497. The van der Waals surface area contributed by atoms with Crippen molar-refractivity contribution in [3.8, 4) is 0 Å². The first-order valence-corrected chi connectivity index (χ1v) is 6.20. The fraction of sp³-hybridized carbons (Fsp3) is 0.0667. The van der Waals surface area contributed by atoms with Gasteiger partial charge >= 0.3 is 0 Å². The molecule has 0 amide bonds. The van der Waals surface area contributed by atoms with Gasteiger partial charge in [-0.25, -0.2) is 4.39 Å². The minimum atomic E-state index is -0.199. The second-order valence-electron chi connectivity index (χ2n) is 3.78. The highest BCUT2D eigenvalue weighted by Gasteiger charge is 1.91. The molecule has 0 unspecified atom stereocenters. The molecule has 2 heteroatoms. The smallest absolute Gasteiger partial charge is 0.123 e. The summed E-state index contributed by atoms with van der Waals surface area (Å²) in [6, 6.07) is 14.7. The summed E-state index contributed by atoms with van der Waals surface area (Å²) >= 11 is 3.40. The molecule has 86 valence electrons. The van der Waals surface area contributed by atoms with Crippen LogP contribution in [0.1, 0.15) is 11.1 Å². The zero-order chi connectivity index (χ0) is 12.1. The molecule has 0 bridgehead atoms. The molecule has 2 aromatic rings. The highest BCUT2D eigenvalue weighted by Crippen LogP contribution is 2.12. The molecule has 0 saturated carbocycles. The molecule has 0 radical (unpaired) electrons. The Labute approximate surface area is 109 Å². The number of rotatable bonds is 3. The van der Waals surface area contributed by atoms with Crippen LogP contribution in [0, 0.1) is 5.82 Å². The lowest BCUT2D eigenvalue weighted by Gasteiger charge is -1.97. The fourth-order valence-corrected chi connectivity index (χ4v) is 1.79. The Morgan fingerprint density at radius 1 is 0.941 bits per heavy atom. The van der Waals surface area contributed by atoms with Crippen molar-refractivity contribution in [2.24, 2.45) is 0 Å². The molecular formula is C15H12BrF. The predicted octanol–water partition coefficient (Wildman–Crippen LogP) is 4.84. The van der Waals surface area contributed by atoms with Crippen molar-refractivity contribution < 1.29 is 4.39 Å². The molecule has 2 aromatic carbocycles. The van der Waals surface area contributed by atoms with E-state index in [-0.39, 0.29) is 5.82 Å². The van der Waals surface area contributed by atoms with Gasteiger partial charge in [-0.2, -0.15) is 0 Å². The third-order valence-electron chi connectivity index (χ3n) is 2.45. The highest BCUT2D eigenvalue weighted by molar-refractivity contribution is 9.10. The first-order chi connectivity index (χ1) is 8.24. The van der Waals surface area contributed by atoms with Gasteiger partial charge in [0.25, 0.3) is 0 Å². The summed E-state index contributed by atoms with van der Waals surface area (Å²) in [6.45, 7) is 0. The van der Waals surface area contributed by atoms with E-state index in [4.69, 9.17) is 0 Å². The van der Waals surface area contributed by atoms with Crippen molar-refractivity contribution in [3.63, 3.8) is 0 Å². The van der Waals surface area contributed by atoms with Crippen LogP contribution in [0.25, 0.3) is 6.08 Å². The molecule has 0 aromatic heterocycles. The Kier molecular flexibility index (Phi) is 4.10. The van der Waals surface area contributed by atoms with Crippen LogP contribution in [0.15, 0.2) is 59.1 Å². The van der Waals surface area contributed by atoms with Gasteiger partial charge < -0.3 is 0 Å². The Morgan fingerprint density at radius 3 is 2.24 bits per heavy atom. The molecule has 0 aliphatic carbocycles. The van der Waals surface area contributed by atoms with Crippen LogP contribution in [-0.2, 0) is 6.42 Å². The van der Waals surface area contributed by atoms with Gasteiger partial charge in [-0.05, 0) is 41.8 Å². The fourth-order valence-electron chi connectivity index (χ4n) is 1.53. The summed E-state index contributed by atoms with van der Waals surface area (Å²) in [5, 5.41) is 0. The minimum absolute atomic E-state index is 0.199. The second kappa shape index (κ2) is 5.78. The van der Waals surface area contributed by atoms with Crippen LogP contribution >= 0.6 is 15.9 Å². The average molecular weight is 291 g/mol. The van der Waals surface area contributed by atoms with Crippen molar-refractivity contribution in [2.75, 3.05) is 0 Å². The van der Waals surface area contributed by atoms with Gasteiger partial charge in [0.1, 0.15) is 5.82 Å². The SMILES string of the molecule is Fc1ccc(/C=C/Cc2ccc(Br)cc2)cc1. The summed E-state index contributed by atoms with van der Waals surface area (Å²) < 4.78 is 13.8. The molecule has 0 nitrogen and oxygen atoms in total. The molecule has 0 aliphatic heterocycles. The van der Waals surface area contributed by atoms with Crippen LogP contribution in [0.5, 0.6) is 0 Å². The number of halogens is 2. The van der Waals surface area contributed by atoms with E-state index in [1.807, 2.05) is 18.2 Å². The van der Waals surface area contributed by atoms with Crippen molar-refractivity contribution >= 4 is 22.0 Å². The molecule has 2 rings (SSSR count). The average Bonchev–Trinajstić information content (AvgIpc) is 2.34. The maximum absolute atomic E-state index is 12.7. The highest BCUT2D eigenvalue weighted by atomic mass is 79.9. The van der Waals surface area contributed by atoms with Gasteiger partial charge in [-0.15, -0.1) is 0 Å². The predicted molar refractivity (Wildman–Crippen MR) is 73.3 cm³/mol. The lowest BCUT2D eigenvalue weighted by molar-refractivity contribution is 0.628. The summed E-state index contributed by atoms with van der Waals surface area (Å²) in [7, 11) is 0. The molecule has 0 atom stereocenters. The van der Waals surface area contributed by atoms with Crippen molar-refractivity contribution in [2.45, 2.75) is 6.42 Å². The maximum Gasteiger partial charge on any atom is 0.123 e. The zero-order valence-corrected chi connectivity index (χ0v) is 10.8. The Morgan fingerprint density at radius 2 is 1.59 bits per heavy atom. The summed E-state index contributed by atoms with van der Waals surface area (Å²) in [5.74, 6) is -0.199. The van der Waals surface area contributed by atoms with E-state index in [1.54, 1.807) is 12.1 Å². The van der Waals surface area contributed by atoms with Crippen LogP contribution in [-0.4, -0.2) is 0 Å². The maximum atomic E-state index is 12.7. The molecular weight excluding hydrogens is 279 g/mol. The number of hydrogen-bond acceptors (Lipinski definition) is 0. The normalized spacial score (nSPS) is 10.9. The number of benzene rings is 2. The monoisotopic (exact) mass is 290 g/mol. The molecule has 0 spiro atoms. The first-order valence-electron chi connectivity index (χ1n) is 5.40. The zero-order valence-electron chi connectivity index (χ0n) is 9.24. The van der Waals surface area contributed by atoms with E-state index >= 15 is 0 Å². The van der Waals surface area contributed by atoms with E-state index in [2.05, 4.69) is 34.1 Å². The van der Waals surface area contributed by atoms with Crippen LogP contribution in [0.2, 0.25) is 0 Å². The van der Waals surface area contributed by atoms with E-state index in [9.17, 15) is 4.39 Å². The number of allylic oxidation sites excluding steroid dienone is 1. The lowest BCUT2D eigenvalue weighted by Crippen LogP contribution is -1.80. The first kappa shape index (κ1) is 12.1.